The van der Waals surface area contributed by atoms with E-state index in [4.69, 9.17) is 9.47 Å². The number of para-hydroxylation sites is 2. The third kappa shape index (κ3) is 5.31. The molecule has 33 heavy (non-hydrogen) atoms. The normalized spacial score (nSPS) is 13.7. The number of morpholine rings is 1. The van der Waals surface area contributed by atoms with Crippen molar-refractivity contribution in [2.45, 2.75) is 18.6 Å². The molecule has 1 saturated heterocycles. The molecule has 174 valence electrons. The largest absolute Gasteiger partial charge is 0.496 e. The second-order valence-corrected chi connectivity index (χ2v) is 8.80. The molecule has 0 N–H and O–H groups in total. The van der Waals surface area contributed by atoms with Crippen LogP contribution in [0.1, 0.15) is 11.1 Å². The molecule has 0 spiro atoms. The van der Waals surface area contributed by atoms with E-state index in [2.05, 4.69) is 38.7 Å². The maximum Gasteiger partial charge on any atom is 0.233 e. The summed E-state index contributed by atoms with van der Waals surface area (Å²) in [6, 6.07) is 15.9. The Morgan fingerprint density at radius 2 is 1.85 bits per heavy atom. The summed E-state index contributed by atoms with van der Waals surface area (Å²) < 4.78 is 13.0. The third-order valence-corrected chi connectivity index (χ3v) is 6.53. The molecule has 9 heteroatoms. The zero-order valence-electron chi connectivity index (χ0n) is 19.2. The molecule has 0 atom stereocenters. The number of methoxy groups -OCH3 is 1. The van der Waals surface area contributed by atoms with E-state index in [1.54, 1.807) is 19.1 Å². The third-order valence-electron chi connectivity index (χ3n) is 5.62. The van der Waals surface area contributed by atoms with Gasteiger partial charge in [-0.25, -0.2) is 0 Å². The molecule has 0 unspecified atom stereocenters. The molecule has 8 nitrogen and oxygen atoms in total. The van der Waals surface area contributed by atoms with Gasteiger partial charge in [-0.2, -0.15) is 0 Å². The van der Waals surface area contributed by atoms with Crippen molar-refractivity contribution < 1.29 is 14.3 Å². The number of carbonyl (C=O) groups excluding carboxylic acids is 1. The van der Waals surface area contributed by atoms with Crippen molar-refractivity contribution in [2.24, 2.45) is 0 Å². The number of rotatable bonds is 8. The summed E-state index contributed by atoms with van der Waals surface area (Å²) in [4.78, 5) is 16.8. The highest BCUT2D eigenvalue weighted by molar-refractivity contribution is 7.99. The van der Waals surface area contributed by atoms with Crippen LogP contribution in [0.25, 0.3) is 5.69 Å². The molecule has 1 amide bonds. The number of thioether (sulfide) groups is 1. The van der Waals surface area contributed by atoms with Crippen LogP contribution in [-0.4, -0.2) is 71.8 Å². The van der Waals surface area contributed by atoms with Gasteiger partial charge >= 0.3 is 0 Å². The van der Waals surface area contributed by atoms with Gasteiger partial charge in [-0.15, -0.1) is 10.2 Å². The Bertz CT molecular complexity index is 1100. The summed E-state index contributed by atoms with van der Waals surface area (Å²) in [6.07, 6.45) is 0. The number of benzene rings is 2. The van der Waals surface area contributed by atoms with Crippen LogP contribution in [-0.2, 0) is 16.1 Å². The lowest BCUT2D eigenvalue weighted by Crippen LogP contribution is -2.38. The Morgan fingerprint density at radius 3 is 2.61 bits per heavy atom. The Morgan fingerprint density at radius 1 is 1.12 bits per heavy atom. The number of nitrogens with zero attached hydrogens (tertiary/aromatic N) is 5. The number of carbonyl (C=O) groups is 1. The van der Waals surface area contributed by atoms with E-state index in [-0.39, 0.29) is 11.7 Å². The van der Waals surface area contributed by atoms with E-state index in [9.17, 15) is 4.79 Å². The van der Waals surface area contributed by atoms with Crippen molar-refractivity contribution in [3.05, 3.63) is 59.7 Å². The number of amides is 1. The van der Waals surface area contributed by atoms with Crippen LogP contribution in [0, 0.1) is 6.92 Å². The Labute approximate surface area is 198 Å². The predicted molar refractivity (Wildman–Crippen MR) is 129 cm³/mol. The van der Waals surface area contributed by atoms with Crippen molar-refractivity contribution in [2.75, 3.05) is 51.1 Å². The predicted octanol–water partition coefficient (Wildman–Crippen LogP) is 3.17. The second kappa shape index (κ2) is 10.7. The number of anilines is 1. The highest BCUT2D eigenvalue weighted by atomic mass is 32.2. The van der Waals surface area contributed by atoms with Crippen LogP contribution >= 0.6 is 11.8 Å². The van der Waals surface area contributed by atoms with Gasteiger partial charge in [0.15, 0.2) is 5.16 Å². The van der Waals surface area contributed by atoms with Crippen molar-refractivity contribution in [1.82, 2.24) is 19.7 Å². The summed E-state index contributed by atoms with van der Waals surface area (Å²) in [5.74, 6) is 1.83. The highest BCUT2D eigenvalue weighted by Crippen LogP contribution is 2.29. The van der Waals surface area contributed by atoms with Crippen molar-refractivity contribution in [3.63, 3.8) is 0 Å². The van der Waals surface area contributed by atoms with Crippen LogP contribution in [0.5, 0.6) is 5.75 Å². The topological polar surface area (TPSA) is 72.7 Å². The van der Waals surface area contributed by atoms with Gasteiger partial charge in [-0.05, 0) is 24.6 Å². The van der Waals surface area contributed by atoms with Gasteiger partial charge in [0.2, 0.25) is 11.9 Å². The van der Waals surface area contributed by atoms with Gasteiger partial charge in [0.25, 0.3) is 0 Å². The fraction of sp³-hybridized carbons (Fsp3) is 0.375. The summed E-state index contributed by atoms with van der Waals surface area (Å²) >= 11 is 1.40. The zero-order valence-corrected chi connectivity index (χ0v) is 20.0. The molecular formula is C24H29N5O3S. The molecule has 0 aliphatic carbocycles. The Hall–Kier alpha value is -3.04. The van der Waals surface area contributed by atoms with E-state index in [1.165, 1.54) is 11.8 Å². The standard InChI is InChI=1S/C24H29N5O3S/c1-18-8-4-6-10-20(18)29-23(28-12-14-32-15-13-28)25-26-24(29)33-17-22(30)27(2)16-19-9-5-7-11-21(19)31-3/h4-11H,12-17H2,1-3H3. The van der Waals surface area contributed by atoms with Crippen molar-refractivity contribution in [3.8, 4) is 11.4 Å². The maximum absolute atomic E-state index is 12.9. The average Bonchev–Trinajstić information content (AvgIpc) is 3.27. The zero-order chi connectivity index (χ0) is 23.2. The first-order chi connectivity index (χ1) is 16.1. The monoisotopic (exact) mass is 467 g/mol. The number of aromatic nitrogens is 3. The van der Waals surface area contributed by atoms with Gasteiger partial charge in [-0.3, -0.25) is 9.36 Å². The molecule has 1 aliphatic rings. The lowest BCUT2D eigenvalue weighted by atomic mass is 10.2. The minimum absolute atomic E-state index is 0.0122. The molecule has 0 bridgehead atoms. The van der Waals surface area contributed by atoms with Gasteiger partial charge in [0, 0.05) is 32.2 Å². The molecule has 0 radical (unpaired) electrons. The molecule has 2 aromatic carbocycles. The molecule has 1 aromatic heterocycles. The molecule has 1 fully saturated rings. The Balaban J connectivity index is 1.52. The minimum Gasteiger partial charge on any atom is -0.496 e. The van der Waals surface area contributed by atoms with Gasteiger partial charge < -0.3 is 19.3 Å². The molecular weight excluding hydrogens is 438 g/mol. The van der Waals surface area contributed by atoms with Crippen LogP contribution in [0.15, 0.2) is 53.7 Å². The van der Waals surface area contributed by atoms with E-state index in [0.29, 0.717) is 24.9 Å². The Kier molecular flexibility index (Phi) is 7.51. The van der Waals surface area contributed by atoms with E-state index >= 15 is 0 Å². The lowest BCUT2D eigenvalue weighted by Gasteiger charge is -2.28. The average molecular weight is 468 g/mol. The molecule has 1 aliphatic heterocycles. The van der Waals surface area contributed by atoms with Gasteiger partial charge in [0.1, 0.15) is 5.75 Å². The van der Waals surface area contributed by atoms with Crippen LogP contribution in [0.2, 0.25) is 0 Å². The van der Waals surface area contributed by atoms with E-state index < -0.39 is 0 Å². The first-order valence-electron chi connectivity index (χ1n) is 10.9. The second-order valence-electron chi connectivity index (χ2n) is 7.85. The van der Waals surface area contributed by atoms with E-state index in [0.717, 1.165) is 41.6 Å². The number of ether oxygens (including phenoxy) is 2. The minimum atomic E-state index is 0.0122. The summed E-state index contributed by atoms with van der Waals surface area (Å²) in [5, 5.41) is 9.64. The molecule has 2 heterocycles. The molecule has 0 saturated carbocycles. The van der Waals surface area contributed by atoms with Crippen molar-refractivity contribution in [1.29, 1.82) is 0 Å². The highest BCUT2D eigenvalue weighted by Gasteiger charge is 2.23. The summed E-state index contributed by atoms with van der Waals surface area (Å²) in [5.41, 5.74) is 3.10. The molecule has 4 rings (SSSR count). The lowest BCUT2D eigenvalue weighted by molar-refractivity contribution is -0.127. The first-order valence-corrected chi connectivity index (χ1v) is 11.9. The summed E-state index contributed by atoms with van der Waals surface area (Å²) in [6.45, 7) is 5.39. The van der Waals surface area contributed by atoms with Gasteiger partial charge in [0.05, 0.1) is 31.8 Å². The van der Waals surface area contributed by atoms with Crippen LogP contribution in [0.4, 0.5) is 5.95 Å². The fourth-order valence-corrected chi connectivity index (χ4v) is 4.64. The summed E-state index contributed by atoms with van der Waals surface area (Å²) in [7, 11) is 3.45. The van der Waals surface area contributed by atoms with Crippen LogP contribution < -0.4 is 9.64 Å². The fourth-order valence-electron chi connectivity index (χ4n) is 3.76. The SMILES string of the molecule is COc1ccccc1CN(C)C(=O)CSc1nnc(N2CCOCC2)n1-c1ccccc1C. The number of hydrogen-bond donors (Lipinski definition) is 0. The van der Waals surface area contributed by atoms with Crippen LogP contribution in [0.3, 0.4) is 0 Å². The quantitative estimate of drug-likeness (QED) is 0.471. The smallest absolute Gasteiger partial charge is 0.233 e. The van der Waals surface area contributed by atoms with Gasteiger partial charge in [-0.1, -0.05) is 48.2 Å². The van der Waals surface area contributed by atoms with E-state index in [1.807, 2.05) is 36.4 Å². The maximum atomic E-state index is 12.9. The van der Waals surface area contributed by atoms with Crippen molar-refractivity contribution >= 4 is 23.6 Å². The number of hydrogen-bond acceptors (Lipinski definition) is 7. The first kappa shape index (κ1) is 23.1. The molecule has 3 aromatic rings. The number of aryl methyl sites for hydroxylation is 1.